The molecule has 0 saturated carbocycles. The Morgan fingerprint density at radius 3 is 2.18 bits per heavy atom. The molecule has 0 aromatic heterocycles. The molecule has 3 aromatic carbocycles. The first kappa shape index (κ1) is 23.3. The highest BCUT2D eigenvalue weighted by atomic mass is 79.9. The summed E-state index contributed by atoms with van der Waals surface area (Å²) < 4.78 is 1.84. The molecule has 1 aliphatic heterocycles. The van der Waals surface area contributed by atoms with Crippen molar-refractivity contribution in [2.75, 3.05) is 10.2 Å². The molecule has 0 aliphatic carbocycles. The molecule has 4 rings (SSSR count). The van der Waals surface area contributed by atoms with Crippen molar-refractivity contribution in [1.82, 2.24) is 0 Å². The van der Waals surface area contributed by atoms with Gasteiger partial charge in [-0.25, -0.2) is 0 Å². The van der Waals surface area contributed by atoms with Gasteiger partial charge in [-0.2, -0.15) is 5.26 Å². The normalized spacial score (nSPS) is 16.9. The Balaban J connectivity index is 1.70. The van der Waals surface area contributed by atoms with Crippen molar-refractivity contribution in [3.63, 3.8) is 0 Å². The van der Waals surface area contributed by atoms with Crippen LogP contribution < -0.4 is 10.2 Å². The summed E-state index contributed by atoms with van der Waals surface area (Å²) in [6.07, 6.45) is 0.483. The molecule has 33 heavy (non-hydrogen) atoms. The van der Waals surface area contributed by atoms with Crippen molar-refractivity contribution in [3.05, 3.63) is 104 Å². The summed E-state index contributed by atoms with van der Waals surface area (Å²) in [7, 11) is 0. The molecule has 1 fully saturated rings. The molecule has 1 N–H and O–H groups in total. The number of rotatable bonds is 5. The number of carbonyl (C=O) groups excluding carboxylic acids is 2. The van der Waals surface area contributed by atoms with Gasteiger partial charge in [0.2, 0.25) is 5.91 Å². The SMILES string of the molecule is N#CC(C(=O)Nc1ccc(Br)cc1)=C1SC(Cc2ccc(Br)cc2)C(=O)N1c1ccccc1. The zero-order valence-corrected chi connectivity index (χ0v) is 21.2. The molecule has 1 aliphatic rings. The Labute approximate surface area is 212 Å². The topological polar surface area (TPSA) is 73.2 Å². The average Bonchev–Trinajstić information content (AvgIpc) is 3.13. The maximum absolute atomic E-state index is 13.4. The number of para-hydroxylation sites is 1. The van der Waals surface area contributed by atoms with E-state index in [2.05, 4.69) is 37.2 Å². The van der Waals surface area contributed by atoms with Gasteiger partial charge in [-0.1, -0.05) is 74.0 Å². The first-order chi connectivity index (χ1) is 16.0. The predicted molar refractivity (Wildman–Crippen MR) is 139 cm³/mol. The zero-order valence-electron chi connectivity index (χ0n) is 17.2. The minimum absolute atomic E-state index is 0.0987. The Morgan fingerprint density at radius 1 is 0.970 bits per heavy atom. The molecule has 1 saturated heterocycles. The predicted octanol–water partition coefficient (Wildman–Crippen LogP) is 6.28. The molecule has 5 nitrogen and oxygen atoms in total. The lowest BCUT2D eigenvalue weighted by atomic mass is 10.1. The van der Waals surface area contributed by atoms with Crippen molar-refractivity contribution in [3.8, 4) is 6.07 Å². The Kier molecular flexibility index (Phi) is 7.33. The fraction of sp³-hybridized carbons (Fsp3) is 0.0800. The molecule has 2 amide bonds. The summed E-state index contributed by atoms with van der Waals surface area (Å²) in [4.78, 5) is 28.0. The number of halogens is 2. The number of benzene rings is 3. The minimum atomic E-state index is -0.555. The maximum Gasteiger partial charge on any atom is 0.269 e. The van der Waals surface area contributed by atoms with Crippen molar-refractivity contribution in [1.29, 1.82) is 5.26 Å². The Hall–Kier alpha value is -2.86. The Morgan fingerprint density at radius 2 is 1.58 bits per heavy atom. The van der Waals surface area contributed by atoms with Crippen molar-refractivity contribution < 1.29 is 9.59 Å². The first-order valence-electron chi connectivity index (χ1n) is 9.97. The summed E-state index contributed by atoms with van der Waals surface area (Å²) in [5.74, 6) is -0.714. The smallest absolute Gasteiger partial charge is 0.269 e. The van der Waals surface area contributed by atoms with Gasteiger partial charge in [0.1, 0.15) is 16.7 Å². The van der Waals surface area contributed by atoms with E-state index in [0.717, 1.165) is 14.5 Å². The van der Waals surface area contributed by atoms with Gasteiger partial charge in [0.05, 0.1) is 5.25 Å². The number of amides is 2. The van der Waals surface area contributed by atoms with Crippen molar-refractivity contribution >= 4 is 66.8 Å². The van der Waals surface area contributed by atoms with Crippen LogP contribution >= 0.6 is 43.6 Å². The van der Waals surface area contributed by atoms with Gasteiger partial charge >= 0.3 is 0 Å². The largest absolute Gasteiger partial charge is 0.321 e. The number of hydrogen-bond donors (Lipinski definition) is 1. The standard InChI is InChI=1S/C25H17Br2N3O2S/c26-17-8-6-16(7-9-17)14-22-24(32)30(20-4-2-1-3-5-20)25(33-22)21(15-28)23(31)29-19-12-10-18(27)11-13-19/h1-13,22H,14H2,(H,29,31). The van der Waals surface area contributed by atoms with Gasteiger partial charge in [0, 0.05) is 20.3 Å². The van der Waals surface area contributed by atoms with E-state index in [1.54, 1.807) is 36.4 Å². The van der Waals surface area contributed by atoms with Gasteiger partial charge in [-0.3, -0.25) is 14.5 Å². The molecule has 0 radical (unpaired) electrons. The van der Waals surface area contributed by atoms with Gasteiger partial charge in [0.25, 0.3) is 5.91 Å². The van der Waals surface area contributed by atoms with E-state index in [1.165, 1.54) is 16.7 Å². The number of thioether (sulfide) groups is 1. The molecule has 1 unspecified atom stereocenters. The fourth-order valence-electron chi connectivity index (χ4n) is 3.36. The second-order valence-electron chi connectivity index (χ2n) is 7.20. The van der Waals surface area contributed by atoms with Crippen LogP contribution in [0.1, 0.15) is 5.56 Å². The van der Waals surface area contributed by atoms with Crippen LogP contribution in [0.15, 0.2) is 98.4 Å². The number of anilines is 2. The zero-order chi connectivity index (χ0) is 23.4. The molecule has 0 bridgehead atoms. The monoisotopic (exact) mass is 581 g/mol. The molecule has 164 valence electrons. The number of nitrogens with zero attached hydrogens (tertiary/aromatic N) is 2. The van der Waals surface area contributed by atoms with Crippen LogP contribution in [0.25, 0.3) is 0 Å². The van der Waals surface area contributed by atoms with Gasteiger partial charge in [-0.15, -0.1) is 0 Å². The van der Waals surface area contributed by atoms with Gasteiger partial charge < -0.3 is 5.32 Å². The Bertz CT molecular complexity index is 1250. The highest BCUT2D eigenvalue weighted by Crippen LogP contribution is 2.42. The molecule has 0 spiro atoms. The molecule has 1 heterocycles. The lowest BCUT2D eigenvalue weighted by Crippen LogP contribution is -2.30. The molecule has 8 heteroatoms. The van der Waals surface area contributed by atoms with E-state index in [4.69, 9.17) is 0 Å². The summed E-state index contributed by atoms with van der Waals surface area (Å²) in [5.41, 5.74) is 2.07. The summed E-state index contributed by atoms with van der Waals surface area (Å²) in [5, 5.41) is 12.5. The highest BCUT2D eigenvalue weighted by Gasteiger charge is 2.40. The van der Waals surface area contributed by atoms with Crippen molar-refractivity contribution in [2.45, 2.75) is 11.7 Å². The minimum Gasteiger partial charge on any atom is -0.321 e. The third-order valence-corrected chi connectivity index (χ3v) is 7.28. The van der Waals surface area contributed by atoms with E-state index in [9.17, 15) is 14.9 Å². The third-order valence-electron chi connectivity index (χ3n) is 4.96. The number of nitrogens with one attached hydrogen (secondary N) is 1. The quantitative estimate of drug-likeness (QED) is 0.284. The third kappa shape index (κ3) is 5.38. The lowest BCUT2D eigenvalue weighted by Gasteiger charge is -2.18. The van der Waals surface area contributed by atoms with E-state index in [0.29, 0.717) is 22.8 Å². The van der Waals surface area contributed by atoms with Gasteiger partial charge in [-0.05, 0) is 60.5 Å². The molecular formula is C25H17Br2N3O2S. The van der Waals surface area contributed by atoms with Crippen LogP contribution in [-0.2, 0) is 16.0 Å². The van der Waals surface area contributed by atoms with Crippen LogP contribution in [0.5, 0.6) is 0 Å². The fourth-order valence-corrected chi connectivity index (χ4v) is 5.20. The van der Waals surface area contributed by atoms with Crippen LogP contribution in [0.2, 0.25) is 0 Å². The number of carbonyl (C=O) groups is 2. The number of hydrogen-bond acceptors (Lipinski definition) is 4. The summed E-state index contributed by atoms with van der Waals surface area (Å²) in [6, 6.07) is 25.9. The summed E-state index contributed by atoms with van der Waals surface area (Å²) in [6.45, 7) is 0. The first-order valence-corrected chi connectivity index (χ1v) is 12.4. The van der Waals surface area contributed by atoms with Crippen LogP contribution in [0, 0.1) is 11.3 Å². The van der Waals surface area contributed by atoms with Gasteiger partial charge in [0.15, 0.2) is 0 Å². The molecular weight excluding hydrogens is 566 g/mol. The molecule has 1 atom stereocenters. The second-order valence-corrected chi connectivity index (χ2v) is 10.2. The maximum atomic E-state index is 13.4. The average molecular weight is 583 g/mol. The van der Waals surface area contributed by atoms with Crippen LogP contribution in [0.4, 0.5) is 11.4 Å². The van der Waals surface area contributed by atoms with Crippen LogP contribution in [0.3, 0.4) is 0 Å². The van der Waals surface area contributed by atoms with E-state index in [-0.39, 0.29) is 11.5 Å². The van der Waals surface area contributed by atoms with E-state index in [1.807, 2.05) is 48.5 Å². The molecule has 3 aromatic rings. The second kappa shape index (κ2) is 10.4. The summed E-state index contributed by atoms with van der Waals surface area (Å²) >= 11 is 8.03. The van der Waals surface area contributed by atoms with E-state index < -0.39 is 11.2 Å². The highest BCUT2D eigenvalue weighted by molar-refractivity contribution is 9.10. The number of nitriles is 1. The van der Waals surface area contributed by atoms with Crippen LogP contribution in [-0.4, -0.2) is 17.1 Å². The van der Waals surface area contributed by atoms with Crippen molar-refractivity contribution in [2.24, 2.45) is 0 Å². The van der Waals surface area contributed by atoms with E-state index >= 15 is 0 Å². The lowest BCUT2D eigenvalue weighted by molar-refractivity contribution is -0.117.